The lowest BCUT2D eigenvalue weighted by atomic mass is 10.2. The highest BCUT2D eigenvalue weighted by molar-refractivity contribution is 4.45. The van der Waals surface area contributed by atoms with Crippen molar-refractivity contribution in [2.45, 2.75) is 39.2 Å². The smallest absolute Gasteiger partial charge is 0.396 e. The topological polar surface area (TPSA) is 55.3 Å². The molecule has 0 heterocycles. The Labute approximate surface area is 70.4 Å². The number of unbranched alkanes of at least 4 members (excludes halogenated alkanes) is 1. The van der Waals surface area contributed by atoms with E-state index < -0.39 is 21.1 Å². The first kappa shape index (κ1) is 10.6. The van der Waals surface area contributed by atoms with Crippen LogP contribution in [0.15, 0.2) is 0 Å². The quantitative estimate of drug-likeness (QED) is 0.486. The molecule has 62 valence electrons. The largest absolute Gasteiger partial charge is 0.506 e. The van der Waals surface area contributed by atoms with E-state index in [1.807, 2.05) is 0 Å². The minimum Gasteiger partial charge on any atom is -0.396 e. The van der Waals surface area contributed by atoms with Crippen molar-refractivity contribution >= 4 is 0 Å². The van der Waals surface area contributed by atoms with Gasteiger partial charge in [-0.3, -0.25) is 0 Å². The van der Waals surface area contributed by atoms with Gasteiger partial charge >= 0.3 is 21.1 Å². The maximum Gasteiger partial charge on any atom is 0.506 e. The van der Waals surface area contributed by atoms with Gasteiger partial charge < -0.3 is 6.87 Å². The zero-order valence-electron chi connectivity index (χ0n) is 6.30. The van der Waals surface area contributed by atoms with E-state index in [0.717, 1.165) is 19.3 Å². The second kappa shape index (κ2) is 6.33. The van der Waals surface area contributed by atoms with Crippen LogP contribution in [0.1, 0.15) is 33.1 Å². The van der Waals surface area contributed by atoms with Crippen LogP contribution in [0.4, 0.5) is 0 Å². The van der Waals surface area contributed by atoms with Crippen LogP contribution in [0.5, 0.6) is 0 Å². The molecule has 4 heteroatoms. The molecule has 0 aromatic rings. The second-order valence-electron chi connectivity index (χ2n) is 2.23. The lowest BCUT2D eigenvalue weighted by Crippen LogP contribution is -3.99. The van der Waals surface area contributed by atoms with E-state index in [1.165, 1.54) is 0 Å². The minimum atomic E-state index is -3.42. The Morgan fingerprint density at radius 3 is 2.50 bits per heavy atom. The molecule has 0 saturated heterocycles. The molecule has 0 aromatic carbocycles. The summed E-state index contributed by atoms with van der Waals surface area (Å²) in [6.07, 6.45) is 2.85. The molecule has 0 aliphatic heterocycles. The standard InChI is InChI=1S/C6H13IO3/c1-3-4-5-6(2)10-7(8)9/h6H,3-5H2,1-2H3. The monoisotopic (exact) mass is 260 g/mol. The summed E-state index contributed by atoms with van der Waals surface area (Å²) in [7, 11) is 0. The molecule has 0 fully saturated rings. The van der Waals surface area contributed by atoms with Gasteiger partial charge in [0.15, 0.2) is 0 Å². The van der Waals surface area contributed by atoms with Gasteiger partial charge in [0.2, 0.25) is 0 Å². The van der Waals surface area contributed by atoms with Crippen LogP contribution in [0.25, 0.3) is 0 Å². The molecular formula is C6H13IO3. The van der Waals surface area contributed by atoms with E-state index in [0.29, 0.717) is 0 Å². The maximum absolute atomic E-state index is 10.1. The van der Waals surface area contributed by atoms with E-state index in [-0.39, 0.29) is 6.10 Å². The molecule has 10 heavy (non-hydrogen) atoms. The molecule has 0 aromatic heterocycles. The normalized spacial score (nSPS) is 14.1. The number of hydrogen-bond donors (Lipinski definition) is 0. The van der Waals surface area contributed by atoms with Crippen molar-refractivity contribution in [3.05, 3.63) is 0 Å². The predicted molar refractivity (Wildman–Crippen MR) is 30.1 cm³/mol. The Balaban J connectivity index is 3.16. The second-order valence-corrected chi connectivity index (χ2v) is 3.82. The number of halogens is 1. The van der Waals surface area contributed by atoms with Crippen molar-refractivity contribution in [1.29, 1.82) is 0 Å². The van der Waals surface area contributed by atoms with Crippen molar-refractivity contribution in [2.24, 2.45) is 0 Å². The van der Waals surface area contributed by atoms with Crippen LogP contribution in [0.2, 0.25) is 0 Å². The average Bonchev–Trinajstić information content (AvgIpc) is 1.82. The van der Waals surface area contributed by atoms with Gasteiger partial charge in [-0.25, -0.2) is 0 Å². The van der Waals surface area contributed by atoms with E-state index in [1.54, 1.807) is 6.92 Å². The third-order valence-corrected chi connectivity index (χ3v) is 2.47. The van der Waals surface area contributed by atoms with Crippen molar-refractivity contribution in [2.75, 3.05) is 0 Å². The summed E-state index contributed by atoms with van der Waals surface area (Å²) in [5.41, 5.74) is 0. The van der Waals surface area contributed by atoms with Gasteiger partial charge in [0.1, 0.15) is 6.10 Å². The first-order chi connectivity index (χ1) is 4.66. The van der Waals surface area contributed by atoms with Crippen LogP contribution in [-0.4, -0.2) is 6.10 Å². The first-order valence-corrected chi connectivity index (χ1v) is 6.03. The van der Waals surface area contributed by atoms with Gasteiger partial charge in [0, 0.05) is 0 Å². The summed E-state index contributed by atoms with van der Waals surface area (Å²) in [5.74, 6) is 0. The highest BCUT2D eigenvalue weighted by atomic mass is 127. The van der Waals surface area contributed by atoms with E-state index in [9.17, 15) is 6.87 Å². The zero-order valence-corrected chi connectivity index (χ0v) is 8.46. The van der Waals surface area contributed by atoms with Crippen molar-refractivity contribution in [3.8, 4) is 0 Å². The van der Waals surface area contributed by atoms with Gasteiger partial charge in [-0.05, 0) is 16.4 Å². The van der Waals surface area contributed by atoms with Gasteiger partial charge in [-0.1, -0.05) is 19.8 Å². The van der Waals surface area contributed by atoms with Crippen LogP contribution in [0, 0.1) is 0 Å². The molecule has 0 N–H and O–H groups in total. The molecule has 1 unspecified atom stereocenters. The van der Waals surface area contributed by atoms with Gasteiger partial charge in [-0.15, -0.1) is 0 Å². The first-order valence-electron chi connectivity index (χ1n) is 3.39. The third kappa shape index (κ3) is 6.73. The van der Waals surface area contributed by atoms with Crippen LogP contribution in [0.3, 0.4) is 0 Å². The Kier molecular flexibility index (Phi) is 6.71. The fourth-order valence-electron chi connectivity index (χ4n) is 0.660. The van der Waals surface area contributed by atoms with Crippen LogP contribution >= 0.6 is 0 Å². The highest BCUT2D eigenvalue weighted by Crippen LogP contribution is 1.99. The third-order valence-electron chi connectivity index (χ3n) is 1.19. The Morgan fingerprint density at radius 1 is 1.50 bits per heavy atom. The maximum atomic E-state index is 10.1. The summed E-state index contributed by atoms with van der Waals surface area (Å²) in [5, 5.41) is 0. The van der Waals surface area contributed by atoms with Crippen molar-refractivity contribution in [1.82, 2.24) is 0 Å². The Hall–Kier alpha value is 0.610. The molecule has 0 spiro atoms. The van der Waals surface area contributed by atoms with Crippen molar-refractivity contribution < 1.29 is 31.0 Å². The fraction of sp³-hybridized carbons (Fsp3) is 1.00. The molecule has 0 rings (SSSR count). The summed E-state index contributed by atoms with van der Waals surface area (Å²) in [4.78, 5) is 0. The Bertz CT molecular complexity index is 77.4. The average molecular weight is 260 g/mol. The summed E-state index contributed by atoms with van der Waals surface area (Å²) >= 11 is -3.42. The molecule has 0 saturated carbocycles. The molecule has 1 atom stereocenters. The number of hydrogen-bond acceptors (Lipinski definition) is 3. The zero-order chi connectivity index (χ0) is 7.98. The van der Waals surface area contributed by atoms with E-state index in [4.69, 9.17) is 0 Å². The number of rotatable bonds is 5. The van der Waals surface area contributed by atoms with Crippen LogP contribution in [-0.2, 0) is 3.07 Å². The summed E-state index contributed by atoms with van der Waals surface area (Å²) < 4.78 is 24.8. The van der Waals surface area contributed by atoms with E-state index >= 15 is 0 Å². The summed E-state index contributed by atoms with van der Waals surface area (Å²) in [6.45, 7) is 3.85. The summed E-state index contributed by atoms with van der Waals surface area (Å²) in [6, 6.07) is 0. The van der Waals surface area contributed by atoms with Gasteiger partial charge in [0.05, 0.1) is 0 Å². The van der Waals surface area contributed by atoms with Gasteiger partial charge in [0.25, 0.3) is 0 Å². The highest BCUT2D eigenvalue weighted by Gasteiger charge is 2.18. The van der Waals surface area contributed by atoms with Crippen LogP contribution < -0.4 is 27.9 Å². The minimum absolute atomic E-state index is 0.111. The van der Waals surface area contributed by atoms with Gasteiger partial charge in [-0.2, -0.15) is 0 Å². The molecule has 0 radical (unpaired) electrons. The molecule has 0 amide bonds. The molecule has 0 aliphatic carbocycles. The molecule has 0 aliphatic rings. The SMILES string of the molecule is CCCCC(C)O[I+2]([O-])[O-]. The van der Waals surface area contributed by atoms with E-state index in [2.05, 4.69) is 9.99 Å². The lowest BCUT2D eigenvalue weighted by molar-refractivity contribution is -1.63. The Morgan fingerprint density at radius 2 is 2.10 bits per heavy atom. The fourth-order valence-corrected chi connectivity index (χ4v) is 1.62. The lowest BCUT2D eigenvalue weighted by Gasteiger charge is -2.01. The van der Waals surface area contributed by atoms with Crippen molar-refractivity contribution in [3.63, 3.8) is 0 Å². The predicted octanol–water partition coefficient (Wildman–Crippen LogP) is -3.33. The molecule has 0 bridgehead atoms. The molecular weight excluding hydrogens is 247 g/mol. The molecule has 3 nitrogen and oxygen atoms in total.